The molecule has 0 radical (unpaired) electrons. The van der Waals surface area contributed by atoms with E-state index >= 15 is 0 Å². The van der Waals surface area contributed by atoms with Gasteiger partial charge in [-0.05, 0) is 116 Å². The highest BCUT2D eigenvalue weighted by Gasteiger charge is 2.43. The maximum Gasteiger partial charge on any atom is 0.408 e. The number of aromatic amines is 1. The summed E-state index contributed by atoms with van der Waals surface area (Å²) in [7, 11) is 0. The average molecular weight is 747 g/mol. The van der Waals surface area contributed by atoms with Crippen molar-refractivity contribution in [1.29, 1.82) is 0 Å². The van der Waals surface area contributed by atoms with Crippen LogP contribution in [0.25, 0.3) is 10.9 Å². The number of aromatic nitrogens is 1. The Balaban J connectivity index is 0.886. The van der Waals surface area contributed by atoms with Crippen molar-refractivity contribution in [2.24, 2.45) is 5.92 Å². The number of hydrogen-bond acceptors (Lipinski definition) is 8. The van der Waals surface area contributed by atoms with E-state index in [9.17, 15) is 24.9 Å². The van der Waals surface area contributed by atoms with Gasteiger partial charge < -0.3 is 40.0 Å². The largest absolute Gasteiger partial charge is 0.506 e. The van der Waals surface area contributed by atoms with Gasteiger partial charge in [0.25, 0.3) is 0 Å². The van der Waals surface area contributed by atoms with E-state index in [2.05, 4.69) is 15.2 Å². The molecule has 0 spiro atoms. The molecule has 1 amide bonds. The van der Waals surface area contributed by atoms with Crippen molar-refractivity contribution in [2.75, 3.05) is 39.3 Å². The van der Waals surface area contributed by atoms with Crippen LogP contribution in [0.2, 0.25) is 0 Å². The summed E-state index contributed by atoms with van der Waals surface area (Å²) < 4.78 is 12.3. The molecule has 0 aliphatic carbocycles. The molecule has 3 atom stereocenters. The summed E-state index contributed by atoms with van der Waals surface area (Å²) in [4.78, 5) is 31.4. The zero-order valence-electron chi connectivity index (χ0n) is 31.0. The summed E-state index contributed by atoms with van der Waals surface area (Å²) in [5.74, 6) is 1.79. The van der Waals surface area contributed by atoms with Gasteiger partial charge in [0.05, 0.1) is 30.3 Å². The van der Waals surface area contributed by atoms with Crippen molar-refractivity contribution in [3.05, 3.63) is 136 Å². The molecule has 8 rings (SSSR count). The Morgan fingerprint density at radius 1 is 0.873 bits per heavy atom. The number of fused-ring (bicyclic) bond motifs is 4. The van der Waals surface area contributed by atoms with Gasteiger partial charge in [-0.15, -0.1) is 0 Å². The summed E-state index contributed by atoms with van der Waals surface area (Å²) in [6.07, 6.45) is 3.12. The van der Waals surface area contributed by atoms with Crippen LogP contribution in [-0.2, 0) is 6.61 Å². The van der Waals surface area contributed by atoms with Crippen molar-refractivity contribution in [2.45, 2.75) is 56.9 Å². The molecule has 11 nitrogen and oxygen atoms in total. The van der Waals surface area contributed by atoms with E-state index in [4.69, 9.17) is 9.47 Å². The molecule has 2 bridgehead atoms. The van der Waals surface area contributed by atoms with Gasteiger partial charge in [-0.25, -0.2) is 4.79 Å². The summed E-state index contributed by atoms with van der Waals surface area (Å²) >= 11 is 0. The highest BCUT2D eigenvalue weighted by molar-refractivity contribution is 5.87. The Kier molecular flexibility index (Phi) is 12.3. The molecule has 5 N–H and O–H groups in total. The lowest BCUT2D eigenvalue weighted by Gasteiger charge is -2.50. The van der Waals surface area contributed by atoms with Crippen LogP contribution in [0.15, 0.2) is 108 Å². The van der Waals surface area contributed by atoms with Crippen LogP contribution < -0.4 is 20.3 Å². The Morgan fingerprint density at radius 3 is 2.40 bits per heavy atom. The molecule has 1 unspecified atom stereocenters. The number of aliphatic hydroxyl groups excluding tert-OH is 1. The number of amides is 1. The van der Waals surface area contributed by atoms with Gasteiger partial charge in [-0.3, -0.25) is 9.69 Å². The smallest absolute Gasteiger partial charge is 0.408 e. The highest BCUT2D eigenvalue weighted by atomic mass is 16.5. The number of piperidine rings is 3. The summed E-state index contributed by atoms with van der Waals surface area (Å²) in [6.45, 7) is 4.85. The molecule has 1 aromatic heterocycles. The lowest BCUT2D eigenvalue weighted by atomic mass is 9.81. The number of hydrogen-bond donors (Lipinski definition) is 5. The first-order chi connectivity index (χ1) is 26.8. The van der Waals surface area contributed by atoms with Crippen LogP contribution in [0.1, 0.15) is 66.5 Å². The van der Waals surface area contributed by atoms with Crippen LogP contribution >= 0.6 is 0 Å². The second-order valence-corrected chi connectivity index (χ2v) is 14.6. The third kappa shape index (κ3) is 9.30. The Bertz CT molecular complexity index is 2100. The number of phenols is 1. The number of pyridine rings is 1. The van der Waals surface area contributed by atoms with Crippen LogP contribution in [-0.4, -0.2) is 81.6 Å². The monoisotopic (exact) mass is 746 g/mol. The van der Waals surface area contributed by atoms with E-state index < -0.39 is 18.2 Å². The third-order valence-corrected chi connectivity index (χ3v) is 10.9. The third-order valence-electron chi connectivity index (χ3n) is 10.9. The number of benzene rings is 4. The normalized spacial score (nSPS) is 18.8. The second kappa shape index (κ2) is 17.9. The maximum absolute atomic E-state index is 13.0. The number of rotatable bonds is 17. The lowest BCUT2D eigenvalue weighted by Crippen LogP contribution is -2.59. The molecule has 55 heavy (non-hydrogen) atoms. The minimum absolute atomic E-state index is 0.0284. The highest BCUT2D eigenvalue weighted by Crippen LogP contribution is 2.39. The second-order valence-electron chi connectivity index (χ2n) is 14.6. The number of carbonyl (C=O) groups is 1. The van der Waals surface area contributed by atoms with Gasteiger partial charge in [-0.1, -0.05) is 60.7 Å². The fraction of sp³-hybridized carbons (Fsp3) is 0.364. The standard InChI is InChI=1S/C44H50N4O7/c49-39-17-15-36(37-16-18-41(51)46-42(37)39)40(50)27-45-21-5-2-6-24-54-34-13-7-9-30(25-34)29-55-35-14-8-12-33(26-35)43(32-10-3-1-4-11-32)48(44(52)53)38-28-47-22-19-31(38)20-23-47/h1,3-4,7-18,25-26,31,38,40,43,45,49-50H,2,5-6,19-24,27-29H2,(H,46,51)(H,52,53)/t38-,40+,43?/m0/s1. The van der Waals surface area contributed by atoms with E-state index in [1.807, 2.05) is 78.9 Å². The van der Waals surface area contributed by atoms with Gasteiger partial charge in [-0.2, -0.15) is 0 Å². The van der Waals surface area contributed by atoms with Gasteiger partial charge >= 0.3 is 6.09 Å². The number of aliphatic hydroxyl groups is 1. The molecule has 3 aliphatic heterocycles. The molecule has 0 saturated carbocycles. The molecule has 3 aliphatic rings. The van der Waals surface area contributed by atoms with Crippen molar-refractivity contribution in [3.63, 3.8) is 0 Å². The first-order valence-corrected chi connectivity index (χ1v) is 19.3. The molecule has 4 aromatic carbocycles. The molecule has 4 heterocycles. The minimum Gasteiger partial charge on any atom is -0.506 e. The first-order valence-electron chi connectivity index (χ1n) is 19.3. The lowest BCUT2D eigenvalue weighted by molar-refractivity contribution is -0.000812. The number of carboxylic acid groups (broad SMARTS) is 1. The topological polar surface area (TPSA) is 148 Å². The minimum atomic E-state index is -0.899. The number of ether oxygens (including phenoxy) is 2. The SMILES string of the molecule is O=C(O)N(C(c1ccccc1)c1cccc(OCc2cccc(OCCCCCNC[C@@H](O)c3ccc(O)c4[nH]c(=O)ccc34)c2)c1)[C@H]1CN2CCC1CC2. The van der Waals surface area contributed by atoms with Crippen LogP contribution in [0.4, 0.5) is 4.79 Å². The molecule has 288 valence electrons. The predicted octanol–water partition coefficient (Wildman–Crippen LogP) is 6.85. The van der Waals surface area contributed by atoms with E-state index in [0.29, 0.717) is 47.9 Å². The van der Waals surface area contributed by atoms with E-state index in [1.165, 1.54) is 12.1 Å². The van der Waals surface area contributed by atoms with Gasteiger partial charge in [0.2, 0.25) is 5.56 Å². The number of unbranched alkanes of at least 4 members (excludes halogenated alkanes) is 2. The summed E-state index contributed by atoms with van der Waals surface area (Å²) in [6, 6.07) is 31.3. The van der Waals surface area contributed by atoms with Crippen LogP contribution in [0, 0.1) is 5.92 Å². The molecule has 11 heteroatoms. The molecule has 3 fully saturated rings. The van der Waals surface area contributed by atoms with Crippen molar-refractivity contribution < 1.29 is 29.6 Å². The van der Waals surface area contributed by atoms with E-state index in [1.54, 1.807) is 17.0 Å². The Hall–Kier alpha value is -5.36. The predicted molar refractivity (Wildman–Crippen MR) is 212 cm³/mol. The molecular weight excluding hydrogens is 697 g/mol. The number of H-pyrrole nitrogens is 1. The van der Waals surface area contributed by atoms with Gasteiger partial charge in [0.15, 0.2) is 0 Å². The maximum atomic E-state index is 13.0. The summed E-state index contributed by atoms with van der Waals surface area (Å²) in [5, 5.41) is 35.4. The van der Waals surface area contributed by atoms with E-state index in [0.717, 1.165) is 80.7 Å². The zero-order valence-corrected chi connectivity index (χ0v) is 31.0. The van der Waals surface area contributed by atoms with Gasteiger partial charge in [0, 0.05) is 24.5 Å². The Morgan fingerprint density at radius 2 is 1.64 bits per heavy atom. The van der Waals surface area contributed by atoms with Crippen molar-refractivity contribution >= 4 is 17.0 Å². The van der Waals surface area contributed by atoms with Crippen LogP contribution in [0.3, 0.4) is 0 Å². The van der Waals surface area contributed by atoms with Crippen molar-refractivity contribution in [1.82, 2.24) is 20.1 Å². The fourth-order valence-electron chi connectivity index (χ4n) is 8.13. The summed E-state index contributed by atoms with van der Waals surface area (Å²) in [5.41, 5.74) is 3.46. The molecular formula is C44H50N4O7. The van der Waals surface area contributed by atoms with Crippen molar-refractivity contribution in [3.8, 4) is 17.2 Å². The first kappa shape index (κ1) is 37.9. The molecule has 3 saturated heterocycles. The van der Waals surface area contributed by atoms with Crippen LogP contribution in [0.5, 0.6) is 17.2 Å². The molecule has 5 aromatic rings. The number of phenolic OH excluding ortho intramolecular Hbond substituents is 1. The number of nitrogens with zero attached hydrogens (tertiary/aromatic N) is 2. The number of aromatic hydroxyl groups is 1. The fourth-order valence-corrected chi connectivity index (χ4v) is 8.13. The quantitative estimate of drug-likeness (QED) is 0.0645. The van der Waals surface area contributed by atoms with Gasteiger partial charge in [0.1, 0.15) is 23.9 Å². The average Bonchev–Trinajstić information content (AvgIpc) is 3.21. The van der Waals surface area contributed by atoms with E-state index in [-0.39, 0.29) is 17.4 Å². The Labute approximate surface area is 321 Å². The number of nitrogens with one attached hydrogen (secondary N) is 2. The zero-order chi connectivity index (χ0) is 38.1.